The Morgan fingerprint density at radius 2 is 1.38 bits per heavy atom. The maximum absolute atomic E-state index is 5.31. The molecule has 3 nitrogen and oxygen atoms in total. The van der Waals surface area contributed by atoms with Gasteiger partial charge >= 0.3 is 8.80 Å². The monoisotopic (exact) mass is 224 g/mol. The second-order valence-corrected chi connectivity index (χ2v) is 8.96. The van der Waals surface area contributed by atoms with Gasteiger partial charge in [-0.1, -0.05) is 20.8 Å². The fraction of sp³-hybridized carbons (Fsp3) is 1.00. The molecule has 80 valence electrons. The molecular weight excluding hydrogens is 204 g/mol. The van der Waals surface area contributed by atoms with E-state index in [9.17, 15) is 0 Å². The standard InChI is InChI=1S/C8H20O3SSi/c1-8(2,3)12-7-13(9-4,10-5)11-6/h7H2,1-6H3. The molecule has 5 heteroatoms. The minimum absolute atomic E-state index is 0.216. The van der Waals surface area contributed by atoms with Crippen molar-refractivity contribution in [3.63, 3.8) is 0 Å². The van der Waals surface area contributed by atoms with Gasteiger partial charge in [-0.3, -0.25) is 0 Å². The highest BCUT2D eigenvalue weighted by Gasteiger charge is 2.39. The first-order valence-corrected chi connectivity index (χ1v) is 7.10. The van der Waals surface area contributed by atoms with Crippen LogP contribution in [0.25, 0.3) is 0 Å². The molecule has 0 aromatic carbocycles. The minimum atomic E-state index is -2.36. The van der Waals surface area contributed by atoms with Crippen molar-refractivity contribution in [2.45, 2.75) is 25.5 Å². The molecule has 0 aromatic heterocycles. The van der Waals surface area contributed by atoms with E-state index in [1.165, 1.54) is 0 Å². The van der Waals surface area contributed by atoms with E-state index in [0.29, 0.717) is 0 Å². The van der Waals surface area contributed by atoms with Crippen LogP contribution in [0.3, 0.4) is 0 Å². The van der Waals surface area contributed by atoms with Gasteiger partial charge in [-0.2, -0.15) is 11.8 Å². The number of thioether (sulfide) groups is 1. The van der Waals surface area contributed by atoms with Crippen molar-refractivity contribution in [2.24, 2.45) is 0 Å². The second-order valence-electron chi connectivity index (χ2n) is 3.70. The average molecular weight is 224 g/mol. The fourth-order valence-electron chi connectivity index (χ4n) is 0.732. The molecule has 0 aromatic rings. The normalized spacial score (nSPS) is 13.4. The van der Waals surface area contributed by atoms with E-state index < -0.39 is 8.80 Å². The molecule has 0 spiro atoms. The molecule has 0 saturated heterocycles. The first-order valence-electron chi connectivity index (χ1n) is 4.18. The Morgan fingerprint density at radius 3 is 1.62 bits per heavy atom. The highest BCUT2D eigenvalue weighted by atomic mass is 32.2. The molecular formula is C8H20O3SSi. The zero-order valence-corrected chi connectivity index (χ0v) is 11.2. The Hall–Kier alpha value is 0.447. The zero-order valence-electron chi connectivity index (χ0n) is 9.34. The lowest BCUT2D eigenvalue weighted by Gasteiger charge is -2.27. The molecule has 0 bridgehead atoms. The molecule has 0 saturated carbocycles. The Kier molecular flexibility index (Phi) is 5.54. The molecule has 0 aliphatic heterocycles. The van der Waals surface area contributed by atoms with Crippen molar-refractivity contribution in [1.82, 2.24) is 0 Å². The summed E-state index contributed by atoms with van der Waals surface area (Å²) in [5.41, 5.74) is 0. The Morgan fingerprint density at radius 1 is 1.00 bits per heavy atom. The van der Waals surface area contributed by atoms with E-state index in [-0.39, 0.29) is 4.75 Å². The molecule has 0 aliphatic carbocycles. The summed E-state index contributed by atoms with van der Waals surface area (Å²) in [6.45, 7) is 6.49. The maximum atomic E-state index is 5.31. The molecule has 0 amide bonds. The van der Waals surface area contributed by atoms with Gasteiger partial charge in [0, 0.05) is 26.1 Å². The molecule has 0 rings (SSSR count). The lowest BCUT2D eigenvalue weighted by molar-refractivity contribution is 0.130. The summed E-state index contributed by atoms with van der Waals surface area (Å²) in [5, 5.41) is 0.792. The van der Waals surface area contributed by atoms with Crippen molar-refractivity contribution in [2.75, 3.05) is 26.7 Å². The molecule has 0 unspecified atom stereocenters. The SMILES string of the molecule is CO[Si](CSC(C)(C)C)(OC)OC. The van der Waals surface area contributed by atoms with Gasteiger partial charge in [0.15, 0.2) is 0 Å². The summed E-state index contributed by atoms with van der Waals surface area (Å²) < 4.78 is 16.1. The summed E-state index contributed by atoms with van der Waals surface area (Å²) in [4.78, 5) is 0. The van der Waals surface area contributed by atoms with Gasteiger partial charge in [-0.25, -0.2) is 0 Å². The van der Waals surface area contributed by atoms with E-state index in [2.05, 4.69) is 20.8 Å². The lowest BCUT2D eigenvalue weighted by Crippen LogP contribution is -2.47. The topological polar surface area (TPSA) is 27.7 Å². The quantitative estimate of drug-likeness (QED) is 0.667. The summed E-state index contributed by atoms with van der Waals surface area (Å²) in [6, 6.07) is 0. The van der Waals surface area contributed by atoms with Gasteiger partial charge in [0.05, 0.1) is 5.38 Å². The third-order valence-corrected chi connectivity index (χ3v) is 6.34. The second kappa shape index (κ2) is 5.36. The number of hydrogen-bond donors (Lipinski definition) is 0. The Balaban J connectivity index is 4.11. The molecule has 0 N–H and O–H groups in total. The van der Waals surface area contributed by atoms with Gasteiger partial charge in [0.1, 0.15) is 0 Å². The van der Waals surface area contributed by atoms with E-state index in [0.717, 1.165) is 5.38 Å². The van der Waals surface area contributed by atoms with Crippen LogP contribution in [0, 0.1) is 0 Å². The molecule has 0 fully saturated rings. The summed E-state index contributed by atoms with van der Waals surface area (Å²) in [5.74, 6) is 0. The first kappa shape index (κ1) is 13.4. The Bertz CT molecular complexity index is 135. The van der Waals surface area contributed by atoms with Crippen LogP contribution in [0.15, 0.2) is 0 Å². The van der Waals surface area contributed by atoms with Crippen LogP contribution in [-0.4, -0.2) is 40.3 Å². The fourth-order valence-corrected chi connectivity index (χ4v) is 5.09. The van der Waals surface area contributed by atoms with E-state index >= 15 is 0 Å². The Labute approximate surface area is 86.5 Å². The van der Waals surface area contributed by atoms with Crippen LogP contribution >= 0.6 is 11.8 Å². The highest BCUT2D eigenvalue weighted by molar-refractivity contribution is 8.02. The maximum Gasteiger partial charge on any atom is 0.510 e. The van der Waals surface area contributed by atoms with Gasteiger partial charge in [0.25, 0.3) is 0 Å². The smallest absolute Gasteiger partial charge is 0.376 e. The van der Waals surface area contributed by atoms with Crippen LogP contribution < -0.4 is 0 Å². The van der Waals surface area contributed by atoms with Crippen molar-refractivity contribution in [3.8, 4) is 0 Å². The lowest BCUT2D eigenvalue weighted by atomic mass is 10.3. The summed E-state index contributed by atoms with van der Waals surface area (Å²) in [7, 11) is 2.56. The molecule has 0 aliphatic rings. The molecule has 0 atom stereocenters. The predicted octanol–water partition coefficient (Wildman–Crippen LogP) is 1.94. The molecule has 13 heavy (non-hydrogen) atoms. The first-order chi connectivity index (χ1) is 5.89. The number of hydrogen-bond acceptors (Lipinski definition) is 4. The third-order valence-electron chi connectivity index (χ3n) is 1.61. The van der Waals surface area contributed by atoms with Crippen molar-refractivity contribution in [1.29, 1.82) is 0 Å². The van der Waals surface area contributed by atoms with Gasteiger partial charge in [0.2, 0.25) is 0 Å². The predicted molar refractivity (Wildman–Crippen MR) is 59.0 cm³/mol. The third kappa shape index (κ3) is 5.02. The van der Waals surface area contributed by atoms with E-state index in [1.807, 2.05) is 0 Å². The van der Waals surface area contributed by atoms with Gasteiger partial charge in [-0.05, 0) is 0 Å². The molecule has 0 radical (unpaired) electrons. The largest absolute Gasteiger partial charge is 0.510 e. The van der Waals surface area contributed by atoms with Crippen molar-refractivity contribution < 1.29 is 13.3 Å². The van der Waals surface area contributed by atoms with Crippen LogP contribution in [0.1, 0.15) is 20.8 Å². The zero-order chi connectivity index (χ0) is 10.5. The van der Waals surface area contributed by atoms with Crippen molar-refractivity contribution in [3.05, 3.63) is 0 Å². The van der Waals surface area contributed by atoms with E-state index in [1.54, 1.807) is 33.1 Å². The van der Waals surface area contributed by atoms with Crippen LogP contribution in [0.4, 0.5) is 0 Å². The highest BCUT2D eigenvalue weighted by Crippen LogP contribution is 2.26. The molecule has 0 heterocycles. The van der Waals surface area contributed by atoms with Crippen molar-refractivity contribution >= 4 is 20.6 Å². The van der Waals surface area contributed by atoms with Crippen LogP contribution in [0.2, 0.25) is 0 Å². The minimum Gasteiger partial charge on any atom is -0.376 e. The van der Waals surface area contributed by atoms with Gasteiger partial charge in [-0.15, -0.1) is 0 Å². The van der Waals surface area contributed by atoms with E-state index in [4.69, 9.17) is 13.3 Å². The van der Waals surface area contributed by atoms with Gasteiger partial charge < -0.3 is 13.3 Å². The average Bonchev–Trinajstić information content (AvgIpc) is 2.06. The summed E-state index contributed by atoms with van der Waals surface area (Å²) in [6.07, 6.45) is 0. The van der Waals surface area contributed by atoms with Crippen LogP contribution in [0.5, 0.6) is 0 Å². The number of rotatable bonds is 5. The van der Waals surface area contributed by atoms with Crippen LogP contribution in [-0.2, 0) is 13.3 Å². The summed E-state index contributed by atoms with van der Waals surface area (Å²) >= 11 is 1.80.